The zero-order valence-corrected chi connectivity index (χ0v) is 19.1. The summed E-state index contributed by atoms with van der Waals surface area (Å²) >= 11 is 3.42. The van der Waals surface area contributed by atoms with E-state index in [-0.39, 0.29) is 29.8 Å². The number of hydrogen-bond acceptors (Lipinski definition) is 5. The molecular formula is C23H26BrFN2O4. The Balaban J connectivity index is 1.48. The van der Waals surface area contributed by atoms with Crippen LogP contribution in [0.2, 0.25) is 0 Å². The Labute approximate surface area is 189 Å². The number of halogens is 2. The lowest BCUT2D eigenvalue weighted by atomic mass is 9.95. The molecule has 0 aliphatic carbocycles. The van der Waals surface area contributed by atoms with E-state index in [0.717, 1.165) is 12.0 Å². The van der Waals surface area contributed by atoms with E-state index in [0.29, 0.717) is 40.9 Å². The van der Waals surface area contributed by atoms with Crippen LogP contribution in [0, 0.1) is 5.82 Å². The van der Waals surface area contributed by atoms with E-state index < -0.39 is 6.10 Å². The maximum atomic E-state index is 13.2. The summed E-state index contributed by atoms with van der Waals surface area (Å²) in [6.45, 7) is 0.653. The van der Waals surface area contributed by atoms with Crippen LogP contribution < -0.4 is 14.8 Å². The molecule has 6 nitrogen and oxygen atoms in total. The van der Waals surface area contributed by atoms with Crippen molar-refractivity contribution in [3.05, 3.63) is 57.8 Å². The molecule has 0 saturated carbocycles. The topological polar surface area (TPSA) is 71.0 Å². The fraction of sp³-hybridized carbons (Fsp3) is 0.435. The Morgan fingerprint density at radius 1 is 1.16 bits per heavy atom. The molecule has 2 aromatic rings. The van der Waals surface area contributed by atoms with Crippen molar-refractivity contribution in [2.75, 3.05) is 14.2 Å². The zero-order chi connectivity index (χ0) is 22.1. The summed E-state index contributed by atoms with van der Waals surface area (Å²) < 4.78 is 24.7. The molecule has 0 radical (unpaired) electrons. The van der Waals surface area contributed by atoms with Crippen LogP contribution in [0.3, 0.4) is 0 Å². The van der Waals surface area contributed by atoms with E-state index in [1.807, 2.05) is 0 Å². The fourth-order valence-corrected chi connectivity index (χ4v) is 5.34. The van der Waals surface area contributed by atoms with Crippen LogP contribution in [0.25, 0.3) is 0 Å². The van der Waals surface area contributed by atoms with Crippen LogP contribution in [0.15, 0.2) is 40.9 Å². The largest absolute Gasteiger partial charge is 0.496 e. The second-order valence-electron chi connectivity index (χ2n) is 8.12. The van der Waals surface area contributed by atoms with Crippen molar-refractivity contribution in [3.63, 3.8) is 0 Å². The van der Waals surface area contributed by atoms with Crippen molar-refractivity contribution in [2.45, 2.75) is 50.0 Å². The standard InChI is InChI=1S/C23H26BrFN2O4/c1-30-20-8-7-17(24)22(31-2)21(20)23(29)26-15-9-16-11-19(28)18(10-15)27(16)12-13-3-5-14(25)6-4-13/h3-8,15-16,18-19,28H,9-12H2,1-2H3,(H,26,29). The minimum atomic E-state index is -0.442. The molecule has 0 aromatic heterocycles. The molecule has 2 aromatic carbocycles. The van der Waals surface area contributed by atoms with E-state index in [9.17, 15) is 14.3 Å². The highest BCUT2D eigenvalue weighted by molar-refractivity contribution is 9.10. The smallest absolute Gasteiger partial charge is 0.259 e. The first-order chi connectivity index (χ1) is 14.9. The van der Waals surface area contributed by atoms with Gasteiger partial charge in [0.15, 0.2) is 0 Å². The molecule has 4 rings (SSSR count). The number of hydrogen-bond donors (Lipinski definition) is 2. The van der Waals surface area contributed by atoms with Crippen LogP contribution in [0.4, 0.5) is 4.39 Å². The Kier molecular flexibility index (Phi) is 6.50. The van der Waals surface area contributed by atoms with Crippen molar-refractivity contribution in [1.82, 2.24) is 10.2 Å². The number of fused-ring (bicyclic) bond motifs is 2. The van der Waals surface area contributed by atoms with Gasteiger partial charge in [0.1, 0.15) is 22.9 Å². The maximum absolute atomic E-state index is 13.2. The normalized spacial score (nSPS) is 25.3. The molecule has 2 N–H and O–H groups in total. The van der Waals surface area contributed by atoms with Gasteiger partial charge in [-0.2, -0.15) is 0 Å². The molecule has 0 spiro atoms. The predicted molar refractivity (Wildman–Crippen MR) is 118 cm³/mol. The molecule has 4 unspecified atom stereocenters. The third kappa shape index (κ3) is 4.42. The number of benzene rings is 2. The first-order valence-electron chi connectivity index (χ1n) is 10.3. The number of aliphatic hydroxyl groups is 1. The number of carbonyl (C=O) groups is 1. The molecule has 2 saturated heterocycles. The van der Waals surface area contributed by atoms with Gasteiger partial charge in [-0.05, 0) is 65.0 Å². The molecule has 1 amide bonds. The van der Waals surface area contributed by atoms with Gasteiger partial charge in [0.25, 0.3) is 5.91 Å². The third-order valence-corrected chi connectivity index (χ3v) is 6.90. The average Bonchev–Trinajstić information content (AvgIpc) is 2.92. The minimum absolute atomic E-state index is 0.0552. The third-order valence-electron chi connectivity index (χ3n) is 6.27. The van der Waals surface area contributed by atoms with Crippen molar-refractivity contribution in [2.24, 2.45) is 0 Å². The van der Waals surface area contributed by atoms with Gasteiger partial charge >= 0.3 is 0 Å². The van der Waals surface area contributed by atoms with Gasteiger partial charge in [0.2, 0.25) is 0 Å². The van der Waals surface area contributed by atoms with E-state index in [1.165, 1.54) is 26.4 Å². The van der Waals surface area contributed by atoms with Gasteiger partial charge in [-0.1, -0.05) is 12.1 Å². The predicted octanol–water partition coefficient (Wildman–Crippen LogP) is 3.50. The van der Waals surface area contributed by atoms with Crippen molar-refractivity contribution >= 4 is 21.8 Å². The quantitative estimate of drug-likeness (QED) is 0.645. The molecule has 4 atom stereocenters. The molecule has 2 aliphatic heterocycles. The Morgan fingerprint density at radius 3 is 2.55 bits per heavy atom. The molecule has 166 valence electrons. The maximum Gasteiger partial charge on any atom is 0.259 e. The molecule has 2 aliphatic rings. The van der Waals surface area contributed by atoms with E-state index in [1.54, 1.807) is 24.3 Å². The first kappa shape index (κ1) is 22.0. The lowest BCUT2D eigenvalue weighted by Crippen LogP contribution is -2.51. The first-order valence-corrected chi connectivity index (χ1v) is 11.1. The number of nitrogens with zero attached hydrogens (tertiary/aromatic N) is 1. The number of methoxy groups -OCH3 is 2. The highest BCUT2D eigenvalue weighted by atomic mass is 79.9. The number of aliphatic hydroxyl groups excluding tert-OH is 1. The van der Waals surface area contributed by atoms with Gasteiger partial charge in [0, 0.05) is 24.7 Å². The Hall–Kier alpha value is -2.16. The van der Waals surface area contributed by atoms with Gasteiger partial charge in [-0.3, -0.25) is 9.69 Å². The van der Waals surface area contributed by atoms with Crippen LogP contribution in [-0.4, -0.2) is 54.4 Å². The van der Waals surface area contributed by atoms with Gasteiger partial charge in [-0.25, -0.2) is 4.39 Å². The molecule has 2 bridgehead atoms. The molecule has 2 heterocycles. The summed E-state index contributed by atoms with van der Waals surface area (Å²) in [5, 5.41) is 13.7. The highest BCUT2D eigenvalue weighted by Crippen LogP contribution is 2.39. The molecule has 8 heteroatoms. The lowest BCUT2D eigenvalue weighted by molar-refractivity contribution is 0.0601. The molecule has 2 fully saturated rings. The van der Waals surface area contributed by atoms with Gasteiger partial charge < -0.3 is 19.9 Å². The summed E-state index contributed by atoms with van der Waals surface area (Å²) in [4.78, 5) is 15.4. The van der Waals surface area contributed by atoms with Gasteiger partial charge in [0.05, 0.1) is 24.8 Å². The van der Waals surface area contributed by atoms with Crippen LogP contribution in [0.1, 0.15) is 35.2 Å². The lowest BCUT2D eigenvalue weighted by Gasteiger charge is -2.39. The van der Waals surface area contributed by atoms with Crippen molar-refractivity contribution in [3.8, 4) is 11.5 Å². The fourth-order valence-electron chi connectivity index (χ4n) is 4.85. The zero-order valence-electron chi connectivity index (χ0n) is 17.5. The number of piperidine rings is 1. The summed E-state index contributed by atoms with van der Waals surface area (Å²) in [5.41, 5.74) is 1.36. The molecular weight excluding hydrogens is 467 g/mol. The number of amides is 1. The van der Waals surface area contributed by atoms with Crippen LogP contribution >= 0.6 is 15.9 Å². The van der Waals surface area contributed by atoms with Crippen LogP contribution in [-0.2, 0) is 6.54 Å². The van der Waals surface area contributed by atoms with Crippen molar-refractivity contribution < 1.29 is 23.8 Å². The number of rotatable bonds is 6. The average molecular weight is 493 g/mol. The molecule has 31 heavy (non-hydrogen) atoms. The van der Waals surface area contributed by atoms with Crippen molar-refractivity contribution in [1.29, 1.82) is 0 Å². The van der Waals surface area contributed by atoms with E-state index in [4.69, 9.17) is 9.47 Å². The highest BCUT2D eigenvalue weighted by Gasteiger charge is 2.46. The summed E-state index contributed by atoms with van der Waals surface area (Å²) in [6, 6.07) is 9.99. The second-order valence-corrected chi connectivity index (χ2v) is 8.98. The summed E-state index contributed by atoms with van der Waals surface area (Å²) in [7, 11) is 3.03. The summed E-state index contributed by atoms with van der Waals surface area (Å²) in [6.07, 6.45) is 1.60. The Morgan fingerprint density at radius 2 is 1.90 bits per heavy atom. The number of carbonyl (C=O) groups excluding carboxylic acids is 1. The van der Waals surface area contributed by atoms with Gasteiger partial charge in [-0.15, -0.1) is 0 Å². The number of nitrogens with one attached hydrogen (secondary N) is 1. The van der Waals surface area contributed by atoms with E-state index >= 15 is 0 Å². The monoisotopic (exact) mass is 492 g/mol. The van der Waals surface area contributed by atoms with E-state index in [2.05, 4.69) is 26.1 Å². The number of ether oxygens (including phenoxy) is 2. The van der Waals surface area contributed by atoms with Crippen LogP contribution in [0.5, 0.6) is 11.5 Å². The summed E-state index contributed by atoms with van der Waals surface area (Å²) in [5.74, 6) is 0.343. The Bertz CT molecular complexity index is 955. The SMILES string of the molecule is COc1ccc(Br)c(OC)c1C(=O)NC1CC2CC(O)C(C1)N2Cc1ccc(F)cc1. The second kappa shape index (κ2) is 9.14. The minimum Gasteiger partial charge on any atom is -0.496 e.